The van der Waals surface area contributed by atoms with E-state index in [1.165, 1.54) is 19.1 Å². The van der Waals surface area contributed by atoms with Crippen LogP contribution in [0.2, 0.25) is 0 Å². The molecule has 0 N–H and O–H groups in total. The molecule has 2 aromatic carbocycles. The van der Waals surface area contributed by atoms with Crippen molar-refractivity contribution in [3.8, 4) is 23.0 Å². The first-order valence-corrected chi connectivity index (χ1v) is 20.2. The average molecular weight is 806 g/mol. The molecule has 0 aliphatic carbocycles. The molecule has 0 aromatic heterocycles. The molecule has 3 fully saturated rings. The predicted octanol–water partition coefficient (Wildman–Crippen LogP) is 5.69. The number of benzene rings is 2. The molecule has 58 heavy (non-hydrogen) atoms. The Labute approximate surface area is 339 Å². The van der Waals surface area contributed by atoms with Crippen LogP contribution in [0.3, 0.4) is 0 Å². The Morgan fingerprint density at radius 3 is 2.22 bits per heavy atom. The van der Waals surface area contributed by atoms with Crippen LogP contribution in [-0.4, -0.2) is 124 Å². The number of unbranched alkanes of at least 4 members (excludes halogenated alkanes) is 2. The summed E-state index contributed by atoms with van der Waals surface area (Å²) in [6, 6.07) is 5.57. The third-order valence-corrected chi connectivity index (χ3v) is 11.0. The molecule has 0 spiro atoms. The number of rotatable bonds is 12. The second-order valence-corrected chi connectivity index (χ2v) is 16.3. The van der Waals surface area contributed by atoms with E-state index in [2.05, 4.69) is 6.58 Å². The van der Waals surface area contributed by atoms with Gasteiger partial charge in [0.05, 0.1) is 57.9 Å². The van der Waals surface area contributed by atoms with E-state index in [-0.39, 0.29) is 36.2 Å². The molecule has 7 rings (SSSR count). The van der Waals surface area contributed by atoms with E-state index in [1.807, 2.05) is 0 Å². The molecule has 1 unspecified atom stereocenters. The fourth-order valence-electron chi connectivity index (χ4n) is 8.14. The van der Waals surface area contributed by atoms with E-state index in [9.17, 15) is 19.2 Å². The summed E-state index contributed by atoms with van der Waals surface area (Å²) in [5.74, 6) is 1.06. The molecule has 0 radical (unpaired) electrons. The maximum absolute atomic E-state index is 14.3. The molecule has 3 saturated heterocycles. The van der Waals surface area contributed by atoms with Crippen molar-refractivity contribution in [3.63, 3.8) is 0 Å². The summed E-state index contributed by atoms with van der Waals surface area (Å²) in [4.78, 5) is 59.6. The van der Waals surface area contributed by atoms with Gasteiger partial charge in [0.1, 0.15) is 11.6 Å². The molecule has 5 aliphatic heterocycles. The highest BCUT2D eigenvalue weighted by Crippen LogP contribution is 2.44. The Morgan fingerprint density at radius 2 is 1.55 bits per heavy atom. The van der Waals surface area contributed by atoms with Crippen LogP contribution in [-0.2, 0) is 30.2 Å². The topological polar surface area (TPSA) is 152 Å². The first kappa shape index (κ1) is 41.3. The van der Waals surface area contributed by atoms with Gasteiger partial charge in [0, 0.05) is 37.7 Å². The Kier molecular flexibility index (Phi) is 12.5. The number of fused-ring (bicyclic) bond motifs is 4. The van der Waals surface area contributed by atoms with Crippen molar-refractivity contribution < 1.29 is 57.1 Å². The minimum Gasteiger partial charge on any atom is -0.493 e. The summed E-state index contributed by atoms with van der Waals surface area (Å²) in [6.45, 7) is 12.1. The number of hydrogen-bond acceptors (Lipinski definition) is 12. The maximum Gasteiger partial charge on any atom is 0.417 e. The Morgan fingerprint density at radius 1 is 0.862 bits per heavy atom. The smallest absolute Gasteiger partial charge is 0.417 e. The highest BCUT2D eigenvalue weighted by molar-refractivity contribution is 6.06. The Balaban J connectivity index is 1.04. The zero-order valence-corrected chi connectivity index (χ0v) is 34.2. The summed E-state index contributed by atoms with van der Waals surface area (Å²) in [6.07, 6.45) is 3.02. The van der Waals surface area contributed by atoms with E-state index >= 15 is 0 Å². The van der Waals surface area contributed by atoms with Gasteiger partial charge in [-0.15, -0.1) is 0 Å². The van der Waals surface area contributed by atoms with Crippen molar-refractivity contribution in [3.05, 3.63) is 53.1 Å². The molecule has 0 saturated carbocycles. The van der Waals surface area contributed by atoms with E-state index < -0.39 is 36.3 Å². The second-order valence-electron chi connectivity index (χ2n) is 16.3. The highest BCUT2D eigenvalue weighted by atomic mass is 16.7. The molecule has 4 atom stereocenters. The summed E-state index contributed by atoms with van der Waals surface area (Å²) in [5, 5.41) is 0. The average Bonchev–Trinajstić information content (AvgIpc) is 3.52. The molecular formula is C43H55N3O12. The van der Waals surface area contributed by atoms with Crippen molar-refractivity contribution in [1.82, 2.24) is 9.80 Å². The first-order valence-electron chi connectivity index (χ1n) is 20.2. The summed E-state index contributed by atoms with van der Waals surface area (Å²) in [5.41, 5.74) is 1.64. The van der Waals surface area contributed by atoms with Crippen molar-refractivity contribution in [1.29, 1.82) is 0 Å². The van der Waals surface area contributed by atoms with Gasteiger partial charge in [0.2, 0.25) is 0 Å². The van der Waals surface area contributed by atoms with Gasteiger partial charge in [0.25, 0.3) is 11.8 Å². The van der Waals surface area contributed by atoms with Crippen LogP contribution in [0.5, 0.6) is 23.0 Å². The monoisotopic (exact) mass is 805 g/mol. The molecule has 15 nitrogen and oxygen atoms in total. The number of carbonyl (C=O) groups excluding carboxylic acids is 4. The molecule has 3 amide bonds. The predicted molar refractivity (Wildman–Crippen MR) is 211 cm³/mol. The van der Waals surface area contributed by atoms with Crippen molar-refractivity contribution >= 4 is 29.4 Å². The number of carbonyl (C=O) groups is 4. The quantitative estimate of drug-likeness (QED) is 0.191. The zero-order valence-electron chi connectivity index (χ0n) is 34.2. The van der Waals surface area contributed by atoms with Crippen LogP contribution in [0.25, 0.3) is 0 Å². The largest absolute Gasteiger partial charge is 0.493 e. The molecule has 0 bridgehead atoms. The summed E-state index contributed by atoms with van der Waals surface area (Å²) >= 11 is 0. The number of morpholine rings is 1. The number of nitrogens with zero attached hydrogens (tertiary/aromatic N) is 3. The lowest BCUT2D eigenvalue weighted by Gasteiger charge is -2.39. The Bertz CT molecular complexity index is 1900. The molecule has 15 heteroatoms. The summed E-state index contributed by atoms with van der Waals surface area (Å²) < 4.78 is 47.7. The van der Waals surface area contributed by atoms with E-state index in [1.54, 1.807) is 54.8 Å². The van der Waals surface area contributed by atoms with Crippen LogP contribution in [0.15, 0.2) is 36.4 Å². The number of anilines is 1. The van der Waals surface area contributed by atoms with Gasteiger partial charge in [-0.1, -0.05) is 12.2 Å². The Hall–Kier alpha value is -4.86. The minimum absolute atomic E-state index is 0.0630. The maximum atomic E-state index is 14.3. The lowest BCUT2D eigenvalue weighted by atomic mass is 10.0. The number of amides is 3. The number of hydrogen-bond donors (Lipinski definition) is 0. The van der Waals surface area contributed by atoms with E-state index in [4.69, 9.17) is 37.9 Å². The summed E-state index contributed by atoms with van der Waals surface area (Å²) in [7, 11) is 3.03. The van der Waals surface area contributed by atoms with Gasteiger partial charge in [0.15, 0.2) is 41.3 Å². The second kappa shape index (κ2) is 17.6. The third-order valence-electron chi connectivity index (χ3n) is 11.0. The van der Waals surface area contributed by atoms with Gasteiger partial charge < -0.3 is 47.7 Å². The SMILES string of the molecule is C=C1C[C@H]2[C@H](OC3CCCCO3)N(C(=O)OC(C)(C)C)c3cc(OCCCCCOc4cc5c(cc4OC)C(=O)N4CCOC[C@H]4C(=O)C5)c(OC)cc3C(=O)N2C1. The van der Waals surface area contributed by atoms with E-state index in [0.29, 0.717) is 105 Å². The fourth-order valence-corrected chi connectivity index (χ4v) is 8.14. The normalized spacial score (nSPS) is 23.3. The fraction of sp³-hybridized carbons (Fsp3) is 0.581. The molecule has 5 aliphatic rings. The lowest BCUT2D eigenvalue weighted by molar-refractivity contribution is -0.195. The van der Waals surface area contributed by atoms with Gasteiger partial charge in [-0.25, -0.2) is 9.69 Å². The number of ketones is 1. The van der Waals surface area contributed by atoms with Crippen LogP contribution in [0.1, 0.15) is 92.0 Å². The van der Waals surface area contributed by atoms with Crippen molar-refractivity contribution in [2.45, 2.75) is 102 Å². The van der Waals surface area contributed by atoms with Crippen molar-refractivity contribution in [2.24, 2.45) is 0 Å². The van der Waals surface area contributed by atoms with Crippen LogP contribution < -0.4 is 23.8 Å². The third kappa shape index (κ3) is 8.76. The number of methoxy groups -OCH3 is 2. The molecular weight excluding hydrogens is 750 g/mol. The van der Waals surface area contributed by atoms with Gasteiger partial charge in [-0.2, -0.15) is 0 Å². The lowest BCUT2D eigenvalue weighted by Crippen LogP contribution is -2.54. The zero-order chi connectivity index (χ0) is 41.1. The standard InChI is InChI=1S/C43H55N3O12/c1-26-18-31-41(57-38-12-8-11-16-56-38)46(42(50)58-43(2,3)4)30-23-37(35(52-6)22-29(30)40(49)45(31)24-26)55-15-10-7-9-14-54-36-20-27-19-33(47)32-25-53-17-13-44(32)39(48)28(27)21-34(36)51-5/h20-23,31-32,38,41H,1,7-19,24-25H2,2-6H3/t31-,32-,38?,41-/m0/s1. The van der Waals surface area contributed by atoms with E-state index in [0.717, 1.165) is 24.8 Å². The van der Waals surface area contributed by atoms with Crippen molar-refractivity contribution in [2.75, 3.05) is 65.2 Å². The number of Topliss-reactive ketones (excluding diaryl/α,β-unsaturated/α-hetero) is 1. The van der Waals surface area contributed by atoms with Crippen LogP contribution >= 0.6 is 0 Å². The first-order chi connectivity index (χ1) is 27.9. The molecule has 2 aromatic rings. The minimum atomic E-state index is -0.917. The van der Waals surface area contributed by atoms with Gasteiger partial charge in [-0.05, 0) is 89.5 Å². The van der Waals surface area contributed by atoms with Crippen LogP contribution in [0.4, 0.5) is 10.5 Å². The van der Waals surface area contributed by atoms with Gasteiger partial charge >= 0.3 is 6.09 Å². The number of ether oxygens (including phenoxy) is 8. The van der Waals surface area contributed by atoms with Gasteiger partial charge in [-0.3, -0.25) is 14.4 Å². The highest BCUT2D eigenvalue weighted by Gasteiger charge is 2.49. The molecule has 5 heterocycles. The molecule has 314 valence electrons. The van der Waals surface area contributed by atoms with Crippen LogP contribution in [0, 0.1) is 0 Å².